The van der Waals surface area contributed by atoms with Gasteiger partial charge in [-0.15, -0.1) is 0 Å². The number of rotatable bonds is 5. The maximum Gasteiger partial charge on any atom is 0.373 e. The van der Waals surface area contributed by atoms with Crippen molar-refractivity contribution < 1.29 is 28.8 Å². The first-order valence-electron chi connectivity index (χ1n) is 4.75. The summed E-state index contributed by atoms with van der Waals surface area (Å²) in [7, 11) is 3.65. The Morgan fingerprint density at radius 2 is 1.44 bits per heavy atom. The highest BCUT2D eigenvalue weighted by Gasteiger charge is 2.01. The van der Waals surface area contributed by atoms with Gasteiger partial charge >= 0.3 is 12.3 Å². The van der Waals surface area contributed by atoms with Gasteiger partial charge in [-0.3, -0.25) is 9.59 Å². The normalized spacial score (nSPS) is 7.56. The van der Waals surface area contributed by atoms with Crippen LogP contribution in [-0.4, -0.2) is 56.1 Å². The summed E-state index contributed by atoms with van der Waals surface area (Å²) in [6, 6.07) is 0. The molecule has 1 N–H and O–H groups in total. The fourth-order valence-electron chi connectivity index (χ4n) is 0.721. The summed E-state index contributed by atoms with van der Waals surface area (Å²) in [6.07, 6.45) is 0.916. The van der Waals surface area contributed by atoms with Crippen molar-refractivity contribution >= 4 is 24.0 Å². The van der Waals surface area contributed by atoms with Crippen LogP contribution >= 0.6 is 0 Å². The van der Waals surface area contributed by atoms with Crippen LogP contribution in [0, 0.1) is 0 Å². The molecule has 0 radical (unpaired) electrons. The second kappa shape index (κ2) is 17.3. The SMILES string of the molecule is CC(=O)CCNC(=O)CN(C)C.O=C=O.O=C=O. The van der Waals surface area contributed by atoms with E-state index < -0.39 is 0 Å². The van der Waals surface area contributed by atoms with Gasteiger partial charge in [-0.1, -0.05) is 0 Å². The number of Topliss-reactive ketones (excluding diaryl/α,β-unsaturated/α-hetero) is 1. The minimum Gasteiger partial charge on any atom is -0.355 e. The van der Waals surface area contributed by atoms with Crippen molar-refractivity contribution in [3.05, 3.63) is 0 Å². The molecule has 0 heterocycles. The Labute approximate surface area is 104 Å². The number of likely N-dealkylation sites (N-methyl/N-ethyl adjacent to an activating group) is 1. The minimum atomic E-state index is -0.0405. The zero-order valence-corrected chi connectivity index (χ0v) is 10.5. The number of amides is 1. The molecule has 0 aromatic heterocycles. The lowest BCUT2D eigenvalue weighted by atomic mass is 10.3. The highest BCUT2D eigenvalue weighted by Crippen LogP contribution is 1.79. The topological polar surface area (TPSA) is 118 Å². The molecular weight excluding hydrogens is 244 g/mol. The van der Waals surface area contributed by atoms with E-state index in [1.165, 1.54) is 6.92 Å². The molecule has 102 valence electrons. The molecule has 0 aromatic carbocycles. The molecule has 0 bridgehead atoms. The summed E-state index contributed by atoms with van der Waals surface area (Å²) in [5, 5.41) is 2.64. The standard InChI is InChI=1S/C8H16N2O2.2CO2/c1-7(11)4-5-9-8(12)6-10(2)3;2*2-1-3/h4-6H2,1-3H3,(H,9,12);;. The van der Waals surface area contributed by atoms with Crippen LogP contribution in [0.15, 0.2) is 0 Å². The molecule has 8 heteroatoms. The average molecular weight is 260 g/mol. The Hall–Kier alpha value is -2.14. The van der Waals surface area contributed by atoms with E-state index in [4.69, 9.17) is 19.2 Å². The number of carbonyl (C=O) groups is 2. The summed E-state index contributed by atoms with van der Waals surface area (Å²) in [4.78, 5) is 55.7. The maximum atomic E-state index is 11.0. The van der Waals surface area contributed by atoms with Crippen molar-refractivity contribution in [2.75, 3.05) is 27.2 Å². The van der Waals surface area contributed by atoms with Crippen LogP contribution in [0.3, 0.4) is 0 Å². The Balaban J connectivity index is -0.000000315. The Bertz CT molecular complexity index is 289. The van der Waals surface area contributed by atoms with Crippen molar-refractivity contribution in [3.8, 4) is 0 Å². The first-order valence-corrected chi connectivity index (χ1v) is 4.75. The van der Waals surface area contributed by atoms with Gasteiger partial charge in [0.15, 0.2) is 0 Å². The maximum absolute atomic E-state index is 11.0. The molecule has 0 atom stereocenters. The predicted molar refractivity (Wildman–Crippen MR) is 56.9 cm³/mol. The monoisotopic (exact) mass is 260 g/mol. The van der Waals surface area contributed by atoms with Crippen molar-refractivity contribution in [3.63, 3.8) is 0 Å². The van der Waals surface area contributed by atoms with Crippen LogP contribution in [0.2, 0.25) is 0 Å². The molecule has 0 fully saturated rings. The van der Waals surface area contributed by atoms with Crippen molar-refractivity contribution in [2.24, 2.45) is 0 Å². The van der Waals surface area contributed by atoms with Gasteiger partial charge in [-0.2, -0.15) is 19.2 Å². The van der Waals surface area contributed by atoms with Gasteiger partial charge in [-0.05, 0) is 21.0 Å². The fourth-order valence-corrected chi connectivity index (χ4v) is 0.721. The van der Waals surface area contributed by atoms with E-state index in [0.29, 0.717) is 19.5 Å². The lowest BCUT2D eigenvalue weighted by molar-refractivity contribution is -0.193. The second-order valence-corrected chi connectivity index (χ2v) is 3.21. The molecule has 18 heavy (non-hydrogen) atoms. The van der Waals surface area contributed by atoms with Crippen LogP contribution in [0.5, 0.6) is 0 Å². The second-order valence-electron chi connectivity index (χ2n) is 3.21. The van der Waals surface area contributed by atoms with Crippen LogP contribution in [0.1, 0.15) is 13.3 Å². The molecule has 0 aliphatic carbocycles. The van der Waals surface area contributed by atoms with Gasteiger partial charge in [0.05, 0.1) is 6.54 Å². The Morgan fingerprint density at radius 1 is 1.06 bits per heavy atom. The molecule has 0 aromatic rings. The van der Waals surface area contributed by atoms with Crippen molar-refractivity contribution in [1.29, 1.82) is 0 Å². The number of nitrogens with zero attached hydrogens (tertiary/aromatic N) is 1. The van der Waals surface area contributed by atoms with E-state index in [2.05, 4.69) is 5.32 Å². The average Bonchev–Trinajstić information content (AvgIpc) is 2.17. The summed E-state index contributed by atoms with van der Waals surface area (Å²) in [5.74, 6) is 0.0569. The van der Waals surface area contributed by atoms with Gasteiger partial charge in [0.1, 0.15) is 5.78 Å². The lowest BCUT2D eigenvalue weighted by Gasteiger charge is -2.08. The molecular formula is C10H16N2O6. The van der Waals surface area contributed by atoms with Gasteiger partial charge < -0.3 is 10.2 Å². The van der Waals surface area contributed by atoms with Crippen molar-refractivity contribution in [1.82, 2.24) is 10.2 Å². The van der Waals surface area contributed by atoms with Gasteiger partial charge in [0.2, 0.25) is 5.91 Å². The van der Waals surface area contributed by atoms with E-state index in [9.17, 15) is 9.59 Å². The number of carbonyl (C=O) groups excluding carboxylic acids is 6. The molecule has 0 spiro atoms. The van der Waals surface area contributed by atoms with Crippen LogP contribution in [0.4, 0.5) is 0 Å². The van der Waals surface area contributed by atoms with E-state index in [0.717, 1.165) is 0 Å². The molecule has 1 amide bonds. The molecule has 0 aliphatic heterocycles. The van der Waals surface area contributed by atoms with Crippen LogP contribution in [0.25, 0.3) is 0 Å². The summed E-state index contributed by atoms with van der Waals surface area (Å²) < 4.78 is 0. The minimum absolute atomic E-state index is 0.0405. The molecule has 8 nitrogen and oxygen atoms in total. The zero-order chi connectivity index (χ0) is 15.0. The predicted octanol–water partition coefficient (Wildman–Crippen LogP) is -1.52. The van der Waals surface area contributed by atoms with E-state index in [1.807, 2.05) is 14.1 Å². The van der Waals surface area contributed by atoms with Gasteiger partial charge in [-0.25, -0.2) is 0 Å². The largest absolute Gasteiger partial charge is 0.373 e. The highest BCUT2D eigenvalue weighted by molar-refractivity contribution is 5.79. The third-order valence-corrected chi connectivity index (χ3v) is 1.26. The molecule has 0 rings (SSSR count). The smallest absolute Gasteiger partial charge is 0.355 e. The molecule has 0 saturated carbocycles. The van der Waals surface area contributed by atoms with E-state index in [1.54, 1.807) is 4.90 Å². The molecule has 0 aliphatic rings. The molecule has 0 unspecified atom stereocenters. The summed E-state index contributed by atoms with van der Waals surface area (Å²) in [5.41, 5.74) is 0. The molecule has 0 saturated heterocycles. The fraction of sp³-hybridized carbons (Fsp3) is 0.600. The quantitative estimate of drug-likeness (QED) is 0.637. The van der Waals surface area contributed by atoms with Gasteiger partial charge in [0.25, 0.3) is 0 Å². The third kappa shape index (κ3) is 37.1. The van der Waals surface area contributed by atoms with Crippen LogP contribution in [-0.2, 0) is 28.8 Å². The number of ketones is 1. The Kier molecular flexibility index (Phi) is 20.3. The van der Waals surface area contributed by atoms with Crippen molar-refractivity contribution in [2.45, 2.75) is 13.3 Å². The van der Waals surface area contributed by atoms with E-state index >= 15 is 0 Å². The summed E-state index contributed by atoms with van der Waals surface area (Å²) >= 11 is 0. The third-order valence-electron chi connectivity index (χ3n) is 1.26. The number of nitrogens with one attached hydrogen (secondary N) is 1. The van der Waals surface area contributed by atoms with E-state index in [-0.39, 0.29) is 24.0 Å². The highest BCUT2D eigenvalue weighted by atomic mass is 16.2. The first-order chi connectivity index (χ1) is 8.35. The first kappa shape index (κ1) is 21.2. The summed E-state index contributed by atoms with van der Waals surface area (Å²) in [6.45, 7) is 2.33. The Morgan fingerprint density at radius 3 is 1.72 bits per heavy atom. The zero-order valence-electron chi connectivity index (χ0n) is 10.5. The lowest BCUT2D eigenvalue weighted by Crippen LogP contribution is -2.34. The van der Waals surface area contributed by atoms with Crippen LogP contribution < -0.4 is 5.32 Å². The van der Waals surface area contributed by atoms with Gasteiger partial charge in [0, 0.05) is 13.0 Å². The number of hydrogen-bond acceptors (Lipinski definition) is 7. The number of hydrogen-bond donors (Lipinski definition) is 1.